The van der Waals surface area contributed by atoms with Gasteiger partial charge in [0, 0.05) is 16.7 Å². The van der Waals surface area contributed by atoms with Crippen LogP contribution in [0.25, 0.3) is 78.7 Å². The zero-order valence-corrected chi connectivity index (χ0v) is 29.9. The number of rotatable bonds is 5. The minimum atomic E-state index is -0.425. The third-order valence-electron chi connectivity index (χ3n) is 11.4. The monoisotopic (exact) mass is 699 g/mol. The molecule has 1 aromatic heterocycles. The number of aromatic nitrogens is 3. The molecule has 11 rings (SSSR count). The predicted molar refractivity (Wildman–Crippen MR) is 223 cm³/mol. The first-order valence-electron chi connectivity index (χ1n) is 18.8. The van der Waals surface area contributed by atoms with Gasteiger partial charge in [0.1, 0.15) is 0 Å². The van der Waals surface area contributed by atoms with Gasteiger partial charge in [-0.1, -0.05) is 194 Å². The van der Waals surface area contributed by atoms with E-state index in [4.69, 9.17) is 15.0 Å². The minimum absolute atomic E-state index is 0.425. The van der Waals surface area contributed by atoms with E-state index < -0.39 is 5.41 Å². The molecule has 0 unspecified atom stereocenters. The molecule has 1 heterocycles. The molecule has 0 saturated carbocycles. The molecule has 0 amide bonds. The Labute approximate surface area is 320 Å². The largest absolute Gasteiger partial charge is 0.208 e. The first kappa shape index (κ1) is 31.3. The summed E-state index contributed by atoms with van der Waals surface area (Å²) in [4.78, 5) is 15.6. The maximum Gasteiger partial charge on any atom is 0.164 e. The lowest BCUT2D eigenvalue weighted by atomic mass is 9.70. The molecule has 1 spiro atoms. The van der Waals surface area contributed by atoms with E-state index in [0.29, 0.717) is 17.5 Å². The molecule has 3 nitrogen and oxygen atoms in total. The summed E-state index contributed by atoms with van der Waals surface area (Å²) >= 11 is 0. The lowest BCUT2D eigenvalue weighted by Gasteiger charge is -2.30. The summed E-state index contributed by atoms with van der Waals surface area (Å²) < 4.78 is 0. The maximum absolute atomic E-state index is 5.28. The van der Waals surface area contributed by atoms with Crippen LogP contribution in [-0.4, -0.2) is 15.0 Å². The van der Waals surface area contributed by atoms with E-state index in [1.807, 2.05) is 24.3 Å². The van der Waals surface area contributed by atoms with E-state index in [0.717, 1.165) is 38.9 Å². The Balaban J connectivity index is 1.13. The van der Waals surface area contributed by atoms with Gasteiger partial charge >= 0.3 is 0 Å². The molecule has 0 radical (unpaired) electrons. The fourth-order valence-corrected chi connectivity index (χ4v) is 9.07. The van der Waals surface area contributed by atoms with Crippen LogP contribution in [0, 0.1) is 0 Å². The first-order chi connectivity index (χ1) is 27.3. The Bertz CT molecular complexity index is 2870. The van der Waals surface area contributed by atoms with E-state index in [-0.39, 0.29) is 0 Å². The Hall–Kier alpha value is -7.23. The highest BCUT2D eigenvalue weighted by molar-refractivity contribution is 5.96. The van der Waals surface area contributed by atoms with Crippen molar-refractivity contribution in [2.45, 2.75) is 5.41 Å². The minimum Gasteiger partial charge on any atom is -0.208 e. The molecule has 256 valence electrons. The van der Waals surface area contributed by atoms with Gasteiger partial charge < -0.3 is 0 Å². The van der Waals surface area contributed by atoms with Crippen LogP contribution in [0.2, 0.25) is 0 Å². The summed E-state index contributed by atoms with van der Waals surface area (Å²) in [5.74, 6) is 1.92. The highest BCUT2D eigenvalue weighted by Crippen LogP contribution is 2.63. The third kappa shape index (κ3) is 4.73. The molecule has 0 bridgehead atoms. The number of fused-ring (bicyclic) bond motifs is 10. The second-order valence-electron chi connectivity index (χ2n) is 14.3. The van der Waals surface area contributed by atoms with Crippen LogP contribution in [0.4, 0.5) is 0 Å². The molecular weight excluding hydrogens is 667 g/mol. The highest BCUT2D eigenvalue weighted by Gasteiger charge is 2.51. The van der Waals surface area contributed by atoms with Crippen LogP contribution in [0.15, 0.2) is 200 Å². The Kier molecular flexibility index (Phi) is 7.08. The van der Waals surface area contributed by atoms with E-state index in [2.05, 4.69) is 176 Å². The average Bonchev–Trinajstić information content (AvgIpc) is 3.74. The van der Waals surface area contributed by atoms with Gasteiger partial charge in [-0.05, 0) is 72.8 Å². The van der Waals surface area contributed by atoms with E-state index in [1.165, 1.54) is 44.5 Å². The van der Waals surface area contributed by atoms with Crippen molar-refractivity contribution in [1.29, 1.82) is 0 Å². The lowest BCUT2D eigenvalue weighted by molar-refractivity contribution is 0.794. The molecule has 0 fully saturated rings. The summed E-state index contributed by atoms with van der Waals surface area (Å²) in [6.45, 7) is 0. The Morgan fingerprint density at radius 1 is 0.236 bits per heavy atom. The van der Waals surface area contributed by atoms with Crippen LogP contribution in [0.1, 0.15) is 22.3 Å². The van der Waals surface area contributed by atoms with Gasteiger partial charge in [-0.2, -0.15) is 0 Å². The molecule has 9 aromatic rings. The van der Waals surface area contributed by atoms with Crippen LogP contribution < -0.4 is 0 Å². The van der Waals surface area contributed by atoms with E-state index >= 15 is 0 Å². The average molecular weight is 700 g/mol. The SMILES string of the molecule is c1ccc(-c2nc(-c3ccccc3-c3ccccc3)nc(-c3ccccc3-c3ccc4c(c3)C3(c5ccccc5-c5ccccc53)c3ccccc3-4)n2)cc1. The molecule has 55 heavy (non-hydrogen) atoms. The Morgan fingerprint density at radius 2 is 0.600 bits per heavy atom. The van der Waals surface area contributed by atoms with Crippen molar-refractivity contribution in [2.75, 3.05) is 0 Å². The van der Waals surface area contributed by atoms with Gasteiger partial charge in [0.05, 0.1) is 5.41 Å². The van der Waals surface area contributed by atoms with Gasteiger partial charge in [0.15, 0.2) is 17.5 Å². The zero-order chi connectivity index (χ0) is 36.3. The van der Waals surface area contributed by atoms with Crippen molar-refractivity contribution in [3.05, 3.63) is 222 Å². The van der Waals surface area contributed by atoms with Crippen LogP contribution in [0.5, 0.6) is 0 Å². The van der Waals surface area contributed by atoms with Crippen molar-refractivity contribution >= 4 is 0 Å². The summed E-state index contributed by atoms with van der Waals surface area (Å²) in [6.07, 6.45) is 0. The fraction of sp³-hybridized carbons (Fsp3) is 0.0192. The molecular formula is C52H33N3. The molecule has 8 aromatic carbocycles. The summed E-state index contributed by atoms with van der Waals surface area (Å²) in [6, 6.07) is 71.4. The molecule has 2 aliphatic rings. The summed E-state index contributed by atoms with van der Waals surface area (Å²) in [7, 11) is 0. The number of hydrogen-bond acceptors (Lipinski definition) is 3. The normalized spacial score (nSPS) is 12.9. The van der Waals surface area contributed by atoms with Crippen molar-refractivity contribution in [3.63, 3.8) is 0 Å². The van der Waals surface area contributed by atoms with E-state index in [9.17, 15) is 0 Å². The van der Waals surface area contributed by atoms with Crippen LogP contribution >= 0.6 is 0 Å². The third-order valence-corrected chi connectivity index (χ3v) is 11.4. The zero-order valence-electron chi connectivity index (χ0n) is 29.9. The smallest absolute Gasteiger partial charge is 0.164 e. The fourth-order valence-electron chi connectivity index (χ4n) is 9.07. The van der Waals surface area contributed by atoms with Gasteiger partial charge in [-0.15, -0.1) is 0 Å². The molecule has 0 N–H and O–H groups in total. The van der Waals surface area contributed by atoms with Crippen LogP contribution in [-0.2, 0) is 5.41 Å². The number of benzene rings is 8. The van der Waals surface area contributed by atoms with Gasteiger partial charge in [0.2, 0.25) is 0 Å². The molecule has 0 atom stereocenters. The highest BCUT2D eigenvalue weighted by atomic mass is 15.0. The molecule has 0 aliphatic heterocycles. The molecule has 2 aliphatic carbocycles. The first-order valence-corrected chi connectivity index (χ1v) is 18.8. The van der Waals surface area contributed by atoms with E-state index in [1.54, 1.807) is 0 Å². The predicted octanol–water partition coefficient (Wildman–Crippen LogP) is 12.6. The molecule has 0 saturated heterocycles. The van der Waals surface area contributed by atoms with Crippen molar-refractivity contribution in [3.8, 4) is 78.7 Å². The van der Waals surface area contributed by atoms with Crippen LogP contribution in [0.3, 0.4) is 0 Å². The van der Waals surface area contributed by atoms with Gasteiger partial charge in [-0.3, -0.25) is 0 Å². The maximum atomic E-state index is 5.28. The Morgan fingerprint density at radius 3 is 1.11 bits per heavy atom. The topological polar surface area (TPSA) is 38.7 Å². The molecule has 3 heteroatoms. The second-order valence-corrected chi connectivity index (χ2v) is 14.3. The summed E-state index contributed by atoms with van der Waals surface area (Å²) in [5, 5.41) is 0. The second kappa shape index (κ2) is 12.4. The quantitative estimate of drug-likeness (QED) is 0.179. The summed E-state index contributed by atoms with van der Waals surface area (Å²) in [5.41, 5.74) is 17.3. The lowest BCUT2D eigenvalue weighted by Crippen LogP contribution is -2.25. The van der Waals surface area contributed by atoms with Gasteiger partial charge in [0.25, 0.3) is 0 Å². The standard InChI is InChI=1S/C52H33N3/c1-3-17-34(18-4-1)37-21-7-9-26-43(37)50-53-49(35-19-5-2-6-20-35)54-51(55-50)44-27-10-8-22-38(44)36-31-32-42-41-25-13-16-30-47(41)52(48(42)33-36)45-28-14-11-23-39(45)40-24-12-15-29-46(40)52/h1-33H. The van der Waals surface area contributed by atoms with Gasteiger partial charge in [-0.25, -0.2) is 15.0 Å². The van der Waals surface area contributed by atoms with Crippen molar-refractivity contribution < 1.29 is 0 Å². The van der Waals surface area contributed by atoms with Crippen molar-refractivity contribution in [2.24, 2.45) is 0 Å². The van der Waals surface area contributed by atoms with Crippen molar-refractivity contribution in [1.82, 2.24) is 15.0 Å². The number of hydrogen-bond donors (Lipinski definition) is 0. The number of nitrogens with zero attached hydrogens (tertiary/aromatic N) is 3.